The summed E-state index contributed by atoms with van der Waals surface area (Å²) in [5.41, 5.74) is 4.17. The van der Waals surface area contributed by atoms with Crippen LogP contribution in [-0.2, 0) is 12.6 Å². The van der Waals surface area contributed by atoms with E-state index in [4.69, 9.17) is 11.6 Å². The topological polar surface area (TPSA) is 28.7 Å². The molecule has 0 bridgehead atoms. The van der Waals surface area contributed by atoms with Crippen LogP contribution in [0.15, 0.2) is 42.5 Å². The third-order valence-electron chi connectivity index (χ3n) is 4.05. The van der Waals surface area contributed by atoms with Gasteiger partial charge in [-0.15, -0.1) is 0 Å². The van der Waals surface area contributed by atoms with Gasteiger partial charge in [0.15, 0.2) is 0 Å². The van der Waals surface area contributed by atoms with Crippen LogP contribution in [0.2, 0.25) is 5.02 Å². The molecule has 2 aromatic carbocycles. The molecule has 0 saturated heterocycles. The van der Waals surface area contributed by atoms with Crippen LogP contribution in [0.4, 0.5) is 13.2 Å². The van der Waals surface area contributed by atoms with Gasteiger partial charge in [-0.2, -0.15) is 18.3 Å². The van der Waals surface area contributed by atoms with E-state index in [-0.39, 0.29) is 0 Å². The van der Waals surface area contributed by atoms with Crippen molar-refractivity contribution in [3.63, 3.8) is 0 Å². The predicted molar refractivity (Wildman–Crippen MR) is 82.3 cm³/mol. The SMILES string of the molecule is FC(F)(F)c1ccc2c(c1)Cc1c(-c3ccc(Cl)cc3)n[nH]c1-2. The number of alkyl halides is 3. The maximum absolute atomic E-state index is 12.9. The molecule has 2 nitrogen and oxygen atoms in total. The fraction of sp³-hybridized carbons (Fsp3) is 0.118. The molecule has 1 aliphatic carbocycles. The van der Waals surface area contributed by atoms with Gasteiger partial charge in [-0.05, 0) is 29.8 Å². The molecule has 0 aliphatic heterocycles. The number of fused-ring (bicyclic) bond motifs is 3. The predicted octanol–water partition coefficient (Wildman–Crippen LogP) is 5.32. The Hall–Kier alpha value is -2.27. The highest BCUT2D eigenvalue weighted by atomic mass is 35.5. The Morgan fingerprint density at radius 3 is 2.48 bits per heavy atom. The van der Waals surface area contributed by atoms with Gasteiger partial charge in [-0.25, -0.2) is 0 Å². The van der Waals surface area contributed by atoms with Gasteiger partial charge in [-0.3, -0.25) is 5.10 Å². The van der Waals surface area contributed by atoms with Crippen molar-refractivity contribution in [1.29, 1.82) is 0 Å². The summed E-state index contributed by atoms with van der Waals surface area (Å²) in [4.78, 5) is 0. The summed E-state index contributed by atoms with van der Waals surface area (Å²) >= 11 is 5.89. The smallest absolute Gasteiger partial charge is 0.277 e. The van der Waals surface area contributed by atoms with Crippen molar-refractivity contribution in [1.82, 2.24) is 10.2 Å². The van der Waals surface area contributed by atoms with Gasteiger partial charge in [0.25, 0.3) is 0 Å². The van der Waals surface area contributed by atoms with Crippen molar-refractivity contribution in [3.05, 3.63) is 64.2 Å². The summed E-state index contributed by atoms with van der Waals surface area (Å²) in [5, 5.41) is 7.89. The fourth-order valence-corrected chi connectivity index (χ4v) is 3.08. The van der Waals surface area contributed by atoms with Crippen molar-refractivity contribution >= 4 is 11.6 Å². The summed E-state index contributed by atoms with van der Waals surface area (Å²) in [6, 6.07) is 11.1. The number of nitrogens with zero attached hydrogens (tertiary/aromatic N) is 1. The van der Waals surface area contributed by atoms with Crippen molar-refractivity contribution in [3.8, 4) is 22.5 Å². The summed E-state index contributed by atoms with van der Waals surface area (Å²) in [5.74, 6) is 0. The van der Waals surface area contributed by atoms with E-state index >= 15 is 0 Å². The minimum atomic E-state index is -4.33. The lowest BCUT2D eigenvalue weighted by molar-refractivity contribution is -0.137. The average molecular weight is 335 g/mol. The Bertz CT molecular complexity index is 895. The molecule has 0 amide bonds. The van der Waals surface area contributed by atoms with Crippen LogP contribution in [0, 0.1) is 0 Å². The van der Waals surface area contributed by atoms with Gasteiger partial charge in [0, 0.05) is 28.1 Å². The number of H-pyrrole nitrogens is 1. The van der Waals surface area contributed by atoms with Gasteiger partial charge >= 0.3 is 6.18 Å². The molecule has 0 atom stereocenters. The quantitative estimate of drug-likeness (QED) is 0.501. The van der Waals surface area contributed by atoms with Crippen molar-refractivity contribution in [2.24, 2.45) is 0 Å². The molecule has 0 radical (unpaired) electrons. The zero-order valence-electron chi connectivity index (χ0n) is 11.7. The molecule has 116 valence electrons. The number of halogens is 4. The fourth-order valence-electron chi connectivity index (χ4n) is 2.96. The normalized spacial score (nSPS) is 13.0. The van der Waals surface area contributed by atoms with Gasteiger partial charge in [-0.1, -0.05) is 29.8 Å². The molecule has 3 aromatic rings. The van der Waals surface area contributed by atoms with Crippen LogP contribution in [0.25, 0.3) is 22.5 Å². The first-order valence-corrected chi connectivity index (χ1v) is 7.35. The minimum Gasteiger partial charge on any atom is -0.277 e. The third-order valence-corrected chi connectivity index (χ3v) is 4.31. The van der Waals surface area contributed by atoms with E-state index in [0.29, 0.717) is 17.0 Å². The van der Waals surface area contributed by atoms with Gasteiger partial charge in [0.05, 0.1) is 17.0 Å². The lowest BCUT2D eigenvalue weighted by Gasteiger charge is -2.08. The first-order valence-electron chi connectivity index (χ1n) is 6.97. The number of nitrogens with one attached hydrogen (secondary N) is 1. The van der Waals surface area contributed by atoms with Crippen LogP contribution in [0.5, 0.6) is 0 Å². The highest BCUT2D eigenvalue weighted by Crippen LogP contribution is 2.42. The summed E-state index contributed by atoms with van der Waals surface area (Å²) in [6.45, 7) is 0. The Morgan fingerprint density at radius 2 is 1.78 bits per heavy atom. The third kappa shape index (κ3) is 2.32. The lowest BCUT2D eigenvalue weighted by Crippen LogP contribution is -2.05. The minimum absolute atomic E-state index is 0.434. The number of hydrogen-bond acceptors (Lipinski definition) is 1. The zero-order chi connectivity index (χ0) is 16.2. The van der Waals surface area contributed by atoms with E-state index in [2.05, 4.69) is 10.2 Å². The number of benzene rings is 2. The number of aromatic nitrogens is 2. The first kappa shape index (κ1) is 14.3. The molecule has 0 spiro atoms. The largest absolute Gasteiger partial charge is 0.416 e. The van der Waals surface area contributed by atoms with E-state index in [1.807, 2.05) is 12.1 Å². The lowest BCUT2D eigenvalue weighted by atomic mass is 10.0. The van der Waals surface area contributed by atoms with E-state index in [1.54, 1.807) is 12.1 Å². The molecule has 6 heteroatoms. The number of aromatic amines is 1. The number of hydrogen-bond donors (Lipinski definition) is 1. The Balaban J connectivity index is 1.78. The molecule has 0 fully saturated rings. The second-order valence-corrected chi connectivity index (χ2v) is 5.92. The molecule has 0 unspecified atom stereocenters. The molecule has 1 N–H and O–H groups in total. The molecular formula is C17H10ClF3N2. The summed E-state index contributed by atoms with van der Waals surface area (Å²) < 4.78 is 38.6. The molecule has 1 aromatic heterocycles. The van der Waals surface area contributed by atoms with E-state index < -0.39 is 11.7 Å². The van der Waals surface area contributed by atoms with Crippen molar-refractivity contribution < 1.29 is 13.2 Å². The van der Waals surface area contributed by atoms with Gasteiger partial charge in [0.2, 0.25) is 0 Å². The molecule has 23 heavy (non-hydrogen) atoms. The van der Waals surface area contributed by atoms with Gasteiger partial charge < -0.3 is 0 Å². The second kappa shape index (κ2) is 4.86. The molecule has 1 aliphatic rings. The average Bonchev–Trinajstić information content (AvgIpc) is 3.05. The van der Waals surface area contributed by atoms with Crippen LogP contribution < -0.4 is 0 Å². The summed E-state index contributed by atoms with van der Waals surface area (Å²) in [7, 11) is 0. The van der Waals surface area contributed by atoms with Crippen molar-refractivity contribution in [2.45, 2.75) is 12.6 Å². The Kier molecular flexibility index (Phi) is 3.03. The Labute approximate surface area is 134 Å². The van der Waals surface area contributed by atoms with E-state index in [0.717, 1.165) is 34.1 Å². The monoisotopic (exact) mass is 334 g/mol. The molecule has 0 saturated carbocycles. The standard InChI is InChI=1S/C17H10ClF3N2/c18-12-4-1-9(2-5-12)15-14-8-10-7-11(17(19,20)21)3-6-13(10)16(14)23-22-15/h1-7H,8H2,(H,22,23). The maximum atomic E-state index is 12.9. The number of rotatable bonds is 1. The summed E-state index contributed by atoms with van der Waals surface area (Å²) in [6.07, 6.45) is -3.90. The van der Waals surface area contributed by atoms with Crippen molar-refractivity contribution in [2.75, 3.05) is 0 Å². The van der Waals surface area contributed by atoms with E-state index in [1.165, 1.54) is 12.1 Å². The highest BCUT2D eigenvalue weighted by molar-refractivity contribution is 6.30. The molecule has 1 heterocycles. The molecular weight excluding hydrogens is 325 g/mol. The maximum Gasteiger partial charge on any atom is 0.416 e. The van der Waals surface area contributed by atoms with Crippen LogP contribution >= 0.6 is 11.6 Å². The zero-order valence-corrected chi connectivity index (χ0v) is 12.5. The second-order valence-electron chi connectivity index (χ2n) is 5.48. The van der Waals surface area contributed by atoms with E-state index in [9.17, 15) is 13.2 Å². The van der Waals surface area contributed by atoms with Gasteiger partial charge in [0.1, 0.15) is 0 Å². The Morgan fingerprint density at radius 1 is 1.04 bits per heavy atom. The molecule has 4 rings (SSSR count). The van der Waals surface area contributed by atoms with Crippen LogP contribution in [0.1, 0.15) is 16.7 Å². The highest BCUT2D eigenvalue weighted by Gasteiger charge is 2.33. The van der Waals surface area contributed by atoms with Crippen LogP contribution in [-0.4, -0.2) is 10.2 Å². The first-order chi connectivity index (χ1) is 10.9. The van der Waals surface area contributed by atoms with Crippen LogP contribution in [0.3, 0.4) is 0 Å².